The average Bonchev–Trinajstić information content (AvgIpc) is 2.28. The monoisotopic (exact) mass is 287 g/mol. The number of aliphatic hydroxyl groups is 1. The van der Waals surface area contributed by atoms with Gasteiger partial charge in [-0.05, 0) is 24.6 Å². The minimum Gasteiger partial charge on any atom is -0.394 e. The van der Waals surface area contributed by atoms with Crippen molar-refractivity contribution < 1.29 is 9.84 Å². The molecule has 0 aliphatic rings. The lowest BCUT2D eigenvalue weighted by Crippen LogP contribution is -2.23. The molecule has 0 unspecified atom stereocenters. The van der Waals surface area contributed by atoms with Crippen LogP contribution in [-0.4, -0.2) is 31.5 Å². The molecule has 1 aromatic carbocycles. The number of ether oxygens (including phenoxy) is 1. The predicted molar refractivity (Wildman–Crippen MR) is 68.5 cm³/mol. The Hall–Kier alpha value is -0.420. The van der Waals surface area contributed by atoms with E-state index < -0.39 is 0 Å². The van der Waals surface area contributed by atoms with Crippen molar-refractivity contribution in [2.75, 3.05) is 26.4 Å². The summed E-state index contributed by atoms with van der Waals surface area (Å²) in [5.41, 5.74) is 1.25. The first-order valence-electron chi connectivity index (χ1n) is 5.41. The molecule has 4 heteroatoms. The van der Waals surface area contributed by atoms with E-state index in [1.54, 1.807) is 0 Å². The summed E-state index contributed by atoms with van der Waals surface area (Å²) in [6.07, 6.45) is 0. The molecule has 3 nitrogen and oxygen atoms in total. The summed E-state index contributed by atoms with van der Waals surface area (Å²) in [6.45, 7) is 4.02. The summed E-state index contributed by atoms with van der Waals surface area (Å²) >= 11 is 3.45. The van der Waals surface area contributed by atoms with Gasteiger partial charge in [0.1, 0.15) is 0 Å². The molecule has 0 amide bonds. The van der Waals surface area contributed by atoms with E-state index in [2.05, 4.69) is 40.3 Å². The molecule has 1 rings (SSSR count). The van der Waals surface area contributed by atoms with Crippen LogP contribution < -0.4 is 5.32 Å². The second-order valence-corrected chi connectivity index (χ2v) is 4.48. The van der Waals surface area contributed by atoms with Crippen molar-refractivity contribution in [1.82, 2.24) is 5.32 Å². The largest absolute Gasteiger partial charge is 0.394 e. The van der Waals surface area contributed by atoms with Gasteiger partial charge in [0.15, 0.2) is 0 Å². The van der Waals surface area contributed by atoms with Crippen LogP contribution in [0.15, 0.2) is 28.7 Å². The van der Waals surface area contributed by atoms with Crippen LogP contribution in [0.25, 0.3) is 0 Å². The zero-order valence-corrected chi connectivity index (χ0v) is 11.0. The molecule has 0 saturated carbocycles. The number of benzene rings is 1. The Morgan fingerprint density at radius 2 is 2.25 bits per heavy atom. The van der Waals surface area contributed by atoms with Crippen molar-refractivity contribution in [3.05, 3.63) is 34.3 Å². The number of halogens is 1. The quantitative estimate of drug-likeness (QED) is 0.755. The van der Waals surface area contributed by atoms with Crippen molar-refractivity contribution in [3.8, 4) is 0 Å². The molecule has 0 aliphatic carbocycles. The maximum absolute atomic E-state index is 8.53. The van der Waals surface area contributed by atoms with Crippen molar-refractivity contribution in [2.24, 2.45) is 0 Å². The minimum absolute atomic E-state index is 0.0845. The zero-order chi connectivity index (χ0) is 11.8. The Morgan fingerprint density at radius 3 is 2.94 bits per heavy atom. The van der Waals surface area contributed by atoms with E-state index in [-0.39, 0.29) is 6.61 Å². The van der Waals surface area contributed by atoms with Gasteiger partial charge in [-0.1, -0.05) is 28.1 Å². The highest BCUT2D eigenvalue weighted by molar-refractivity contribution is 9.10. The summed E-state index contributed by atoms with van der Waals surface area (Å²) in [5, 5.41) is 11.9. The summed E-state index contributed by atoms with van der Waals surface area (Å²) in [5.74, 6) is 0. The maximum atomic E-state index is 8.53. The third-order valence-electron chi connectivity index (χ3n) is 2.28. The smallest absolute Gasteiger partial charge is 0.0698 e. The summed E-state index contributed by atoms with van der Waals surface area (Å²) in [7, 11) is 0. The summed E-state index contributed by atoms with van der Waals surface area (Å²) in [4.78, 5) is 0. The fourth-order valence-corrected chi connectivity index (χ4v) is 1.82. The number of aliphatic hydroxyl groups excluding tert-OH is 1. The van der Waals surface area contributed by atoms with Gasteiger partial charge in [-0.15, -0.1) is 0 Å². The Kier molecular flexibility index (Phi) is 6.64. The van der Waals surface area contributed by atoms with Gasteiger partial charge in [0.2, 0.25) is 0 Å². The molecular weight excluding hydrogens is 270 g/mol. The molecule has 0 fully saturated rings. The normalized spacial score (nSPS) is 12.7. The fourth-order valence-electron chi connectivity index (χ4n) is 1.41. The van der Waals surface area contributed by atoms with Gasteiger partial charge < -0.3 is 15.2 Å². The second-order valence-electron chi connectivity index (χ2n) is 3.57. The third kappa shape index (κ3) is 5.07. The summed E-state index contributed by atoms with van der Waals surface area (Å²) < 4.78 is 6.26. The van der Waals surface area contributed by atoms with Crippen LogP contribution in [0.1, 0.15) is 18.5 Å². The van der Waals surface area contributed by atoms with Crippen molar-refractivity contribution in [1.29, 1.82) is 0 Å². The van der Waals surface area contributed by atoms with E-state index in [1.165, 1.54) is 5.56 Å². The van der Waals surface area contributed by atoms with E-state index in [9.17, 15) is 0 Å². The molecule has 1 atom stereocenters. The Bertz CT molecular complexity index is 307. The van der Waals surface area contributed by atoms with Gasteiger partial charge in [-0.25, -0.2) is 0 Å². The molecule has 0 spiro atoms. The first kappa shape index (κ1) is 13.6. The molecule has 2 N–H and O–H groups in total. The number of rotatable bonds is 7. The van der Waals surface area contributed by atoms with E-state index in [4.69, 9.17) is 9.84 Å². The van der Waals surface area contributed by atoms with Crippen LogP contribution in [0, 0.1) is 0 Å². The predicted octanol–water partition coefficient (Wildman–Crippen LogP) is 2.11. The van der Waals surface area contributed by atoms with Gasteiger partial charge >= 0.3 is 0 Å². The highest BCUT2D eigenvalue weighted by Gasteiger charge is 2.03. The van der Waals surface area contributed by atoms with Crippen LogP contribution in [-0.2, 0) is 4.74 Å². The van der Waals surface area contributed by atoms with Crippen LogP contribution in [0.3, 0.4) is 0 Å². The van der Waals surface area contributed by atoms with E-state index in [0.717, 1.165) is 11.0 Å². The third-order valence-corrected chi connectivity index (χ3v) is 2.77. The molecule has 16 heavy (non-hydrogen) atoms. The molecule has 90 valence electrons. The number of hydrogen-bond acceptors (Lipinski definition) is 3. The van der Waals surface area contributed by atoms with Crippen molar-refractivity contribution >= 4 is 15.9 Å². The van der Waals surface area contributed by atoms with Crippen LogP contribution in [0.2, 0.25) is 0 Å². The lowest BCUT2D eigenvalue weighted by atomic mass is 10.1. The molecule has 0 bridgehead atoms. The van der Waals surface area contributed by atoms with Crippen LogP contribution in [0.5, 0.6) is 0 Å². The molecule has 0 heterocycles. The number of nitrogens with one attached hydrogen (secondary N) is 1. The highest BCUT2D eigenvalue weighted by atomic mass is 79.9. The van der Waals surface area contributed by atoms with Crippen LogP contribution >= 0.6 is 15.9 Å². The average molecular weight is 288 g/mol. The van der Waals surface area contributed by atoms with Crippen molar-refractivity contribution in [2.45, 2.75) is 13.0 Å². The van der Waals surface area contributed by atoms with Gasteiger partial charge in [0.25, 0.3) is 0 Å². The Balaban J connectivity index is 2.27. The lowest BCUT2D eigenvalue weighted by Gasteiger charge is -2.14. The first-order chi connectivity index (χ1) is 7.74. The SMILES string of the molecule is C[C@H](NCCOCCO)c1cccc(Br)c1. The summed E-state index contributed by atoms with van der Waals surface area (Å²) in [6, 6.07) is 8.54. The zero-order valence-electron chi connectivity index (χ0n) is 9.45. The maximum Gasteiger partial charge on any atom is 0.0698 e. The van der Waals surface area contributed by atoms with E-state index >= 15 is 0 Å². The van der Waals surface area contributed by atoms with Gasteiger partial charge in [-0.2, -0.15) is 0 Å². The Labute approximate surface area is 105 Å². The lowest BCUT2D eigenvalue weighted by molar-refractivity contribution is 0.0928. The fraction of sp³-hybridized carbons (Fsp3) is 0.500. The van der Waals surface area contributed by atoms with Crippen LogP contribution in [0.4, 0.5) is 0 Å². The van der Waals surface area contributed by atoms with Crippen molar-refractivity contribution in [3.63, 3.8) is 0 Å². The molecule has 1 aromatic rings. The molecule has 0 saturated heterocycles. The van der Waals surface area contributed by atoms with Gasteiger partial charge in [0, 0.05) is 17.1 Å². The van der Waals surface area contributed by atoms with Gasteiger partial charge in [-0.3, -0.25) is 0 Å². The Morgan fingerprint density at radius 1 is 1.44 bits per heavy atom. The molecule has 0 radical (unpaired) electrons. The standard InChI is InChI=1S/C12H18BrNO2/c1-10(14-5-7-16-8-6-15)11-3-2-4-12(13)9-11/h2-4,9-10,14-15H,5-8H2,1H3/t10-/m0/s1. The minimum atomic E-state index is 0.0845. The molecular formula is C12H18BrNO2. The molecule has 0 aromatic heterocycles. The first-order valence-corrected chi connectivity index (χ1v) is 6.21. The van der Waals surface area contributed by atoms with E-state index in [1.807, 2.05) is 12.1 Å². The van der Waals surface area contributed by atoms with E-state index in [0.29, 0.717) is 19.3 Å². The van der Waals surface area contributed by atoms with Gasteiger partial charge in [0.05, 0.1) is 19.8 Å². The highest BCUT2D eigenvalue weighted by Crippen LogP contribution is 2.17. The number of hydrogen-bond donors (Lipinski definition) is 2. The molecule has 0 aliphatic heterocycles. The topological polar surface area (TPSA) is 41.5 Å². The second kappa shape index (κ2) is 7.79.